The van der Waals surface area contributed by atoms with Gasteiger partial charge in [0, 0.05) is 32.4 Å². The van der Waals surface area contributed by atoms with Gasteiger partial charge in [-0.3, -0.25) is 0 Å². The summed E-state index contributed by atoms with van der Waals surface area (Å²) < 4.78 is 10.4. The number of methoxy groups -OCH3 is 1. The Morgan fingerprint density at radius 2 is 1.91 bits per heavy atom. The molecule has 0 atom stereocenters. The van der Waals surface area contributed by atoms with Gasteiger partial charge in [0.2, 0.25) is 5.95 Å². The van der Waals surface area contributed by atoms with Gasteiger partial charge in [-0.2, -0.15) is 4.98 Å². The summed E-state index contributed by atoms with van der Waals surface area (Å²) in [7, 11) is 1.74. The first-order valence-corrected chi connectivity index (χ1v) is 12.1. The molecule has 2 N–H and O–H groups in total. The molecule has 1 aromatic heterocycles. The lowest BCUT2D eigenvalue weighted by Gasteiger charge is -2.18. The number of fused-ring (bicyclic) bond motifs is 1. The molecular formula is C26H30ClN5O3. The first-order valence-electron chi connectivity index (χ1n) is 11.7. The van der Waals surface area contributed by atoms with Gasteiger partial charge in [0.05, 0.1) is 30.7 Å². The Morgan fingerprint density at radius 3 is 2.71 bits per heavy atom. The summed E-state index contributed by atoms with van der Waals surface area (Å²) in [5.74, 6) is 0.384. The molecule has 3 aromatic rings. The van der Waals surface area contributed by atoms with Gasteiger partial charge in [-0.1, -0.05) is 29.8 Å². The number of hydrogen-bond donors (Lipinski definition) is 2. The van der Waals surface area contributed by atoms with Crippen molar-refractivity contribution in [1.29, 1.82) is 0 Å². The maximum atomic E-state index is 12.3. The molecule has 9 heteroatoms. The Morgan fingerprint density at radius 1 is 1.11 bits per heavy atom. The predicted octanol–water partition coefficient (Wildman–Crippen LogP) is 4.84. The molecule has 2 heterocycles. The van der Waals surface area contributed by atoms with Crippen molar-refractivity contribution in [2.24, 2.45) is 0 Å². The van der Waals surface area contributed by atoms with Gasteiger partial charge in [-0.15, -0.1) is 0 Å². The highest BCUT2D eigenvalue weighted by Crippen LogP contribution is 2.28. The van der Waals surface area contributed by atoms with Crippen molar-refractivity contribution in [2.45, 2.75) is 19.8 Å². The summed E-state index contributed by atoms with van der Waals surface area (Å²) in [6.07, 6.45) is 3.53. The van der Waals surface area contributed by atoms with E-state index in [0.29, 0.717) is 34.6 Å². The van der Waals surface area contributed by atoms with Crippen LogP contribution in [0.4, 0.5) is 23.1 Å². The third-order valence-electron chi connectivity index (χ3n) is 5.89. The molecule has 0 unspecified atom stereocenters. The second-order valence-electron chi connectivity index (χ2n) is 8.22. The fraction of sp³-hybridized carbons (Fsp3) is 0.346. The second-order valence-corrected chi connectivity index (χ2v) is 8.63. The smallest absolute Gasteiger partial charge is 0.340 e. The van der Waals surface area contributed by atoms with Gasteiger partial charge in [-0.05, 0) is 55.2 Å². The van der Waals surface area contributed by atoms with Crippen molar-refractivity contribution >= 4 is 40.7 Å². The van der Waals surface area contributed by atoms with Crippen LogP contribution in [0.1, 0.15) is 28.4 Å². The van der Waals surface area contributed by atoms with Crippen LogP contribution in [-0.4, -0.2) is 60.8 Å². The predicted molar refractivity (Wildman–Crippen MR) is 138 cm³/mol. The lowest BCUT2D eigenvalue weighted by Crippen LogP contribution is -2.29. The molecule has 1 aliphatic heterocycles. The third kappa shape index (κ3) is 6.48. The average molecular weight is 496 g/mol. The summed E-state index contributed by atoms with van der Waals surface area (Å²) in [5.41, 5.74) is 4.56. The van der Waals surface area contributed by atoms with Crippen LogP contribution in [0.5, 0.6) is 0 Å². The number of anilines is 4. The Labute approximate surface area is 210 Å². The molecule has 1 aliphatic rings. The van der Waals surface area contributed by atoms with Gasteiger partial charge in [-0.25, -0.2) is 9.78 Å². The van der Waals surface area contributed by atoms with Crippen LogP contribution >= 0.6 is 11.6 Å². The molecule has 0 amide bonds. The number of aromatic nitrogens is 2. The minimum atomic E-state index is -0.412. The first kappa shape index (κ1) is 24.9. The molecule has 2 aromatic carbocycles. The number of hydrogen-bond acceptors (Lipinski definition) is 8. The maximum absolute atomic E-state index is 12.3. The number of para-hydroxylation sites is 1. The summed E-state index contributed by atoms with van der Waals surface area (Å²) in [4.78, 5) is 23.6. The van der Waals surface area contributed by atoms with Crippen molar-refractivity contribution in [3.63, 3.8) is 0 Å². The van der Waals surface area contributed by atoms with Crippen LogP contribution in [0.3, 0.4) is 0 Å². The molecule has 0 radical (unpaired) electrons. The molecular weight excluding hydrogens is 466 g/mol. The van der Waals surface area contributed by atoms with E-state index in [9.17, 15) is 4.79 Å². The van der Waals surface area contributed by atoms with Gasteiger partial charge in [0.15, 0.2) is 5.82 Å². The van der Waals surface area contributed by atoms with E-state index in [4.69, 9.17) is 21.1 Å². The van der Waals surface area contributed by atoms with E-state index in [1.54, 1.807) is 32.2 Å². The van der Waals surface area contributed by atoms with Crippen LogP contribution in [0, 0.1) is 0 Å². The number of esters is 1. The summed E-state index contributed by atoms with van der Waals surface area (Å²) in [6, 6.07) is 13.5. The molecule has 0 bridgehead atoms. The van der Waals surface area contributed by atoms with Gasteiger partial charge < -0.3 is 25.0 Å². The zero-order chi connectivity index (χ0) is 24.6. The van der Waals surface area contributed by atoms with Gasteiger partial charge in [0.1, 0.15) is 5.02 Å². The maximum Gasteiger partial charge on any atom is 0.340 e. The number of ether oxygens (including phenoxy) is 2. The lowest BCUT2D eigenvalue weighted by atomic mass is 10.0. The van der Waals surface area contributed by atoms with Crippen molar-refractivity contribution in [1.82, 2.24) is 14.9 Å². The monoisotopic (exact) mass is 495 g/mol. The number of benzene rings is 2. The Kier molecular flexibility index (Phi) is 8.52. The summed E-state index contributed by atoms with van der Waals surface area (Å²) in [5, 5.41) is 6.77. The van der Waals surface area contributed by atoms with E-state index in [0.717, 1.165) is 44.8 Å². The molecule has 8 nitrogen and oxygen atoms in total. The number of nitrogens with one attached hydrogen (secondary N) is 2. The van der Waals surface area contributed by atoms with Crippen LogP contribution in [0.15, 0.2) is 48.7 Å². The first-order chi connectivity index (χ1) is 17.1. The Bertz CT molecular complexity index is 1170. The highest BCUT2D eigenvalue weighted by atomic mass is 35.5. The fourth-order valence-corrected chi connectivity index (χ4v) is 4.18. The van der Waals surface area contributed by atoms with E-state index in [1.807, 2.05) is 12.1 Å². The SMILES string of the molecule is CCOC(=O)c1ccccc1Nc1nc(Nc2ccc3c(c2)CCN(CCOC)CC3)ncc1Cl. The zero-order valence-corrected chi connectivity index (χ0v) is 20.8. The quantitative estimate of drug-likeness (QED) is 0.408. The van der Waals surface area contributed by atoms with E-state index < -0.39 is 5.97 Å². The molecule has 0 fully saturated rings. The molecule has 0 aliphatic carbocycles. The Hall–Kier alpha value is -3.20. The second kappa shape index (κ2) is 12.0. The summed E-state index contributed by atoms with van der Waals surface area (Å²) in [6.45, 7) is 5.80. The zero-order valence-electron chi connectivity index (χ0n) is 20.0. The molecule has 184 valence electrons. The number of carbonyl (C=O) groups excluding carboxylic acids is 1. The topological polar surface area (TPSA) is 88.6 Å². The van der Waals surface area contributed by atoms with Crippen LogP contribution < -0.4 is 10.6 Å². The van der Waals surface area contributed by atoms with E-state index >= 15 is 0 Å². The van der Waals surface area contributed by atoms with Gasteiger partial charge in [0.25, 0.3) is 0 Å². The average Bonchev–Trinajstić information content (AvgIpc) is 3.07. The third-order valence-corrected chi connectivity index (χ3v) is 6.16. The van der Waals surface area contributed by atoms with Crippen LogP contribution in [0.25, 0.3) is 0 Å². The lowest BCUT2D eigenvalue weighted by molar-refractivity contribution is 0.0527. The normalized spacial score (nSPS) is 13.6. The molecule has 0 saturated carbocycles. The number of carbonyl (C=O) groups is 1. The van der Waals surface area contributed by atoms with Crippen molar-refractivity contribution in [3.8, 4) is 0 Å². The van der Waals surface area contributed by atoms with Crippen molar-refractivity contribution in [3.05, 3.63) is 70.4 Å². The summed E-state index contributed by atoms with van der Waals surface area (Å²) >= 11 is 6.36. The highest BCUT2D eigenvalue weighted by Gasteiger charge is 2.16. The number of rotatable bonds is 9. The standard InChI is InChI=1S/C26H30ClN5O3/c1-3-35-25(33)21-6-4-5-7-23(21)30-24-22(27)17-28-26(31-24)29-20-9-8-18-10-12-32(14-15-34-2)13-11-19(18)16-20/h4-9,16-17H,3,10-15H2,1-2H3,(H2,28,29,30,31). The molecule has 35 heavy (non-hydrogen) atoms. The number of nitrogens with zero attached hydrogens (tertiary/aromatic N) is 3. The van der Waals surface area contributed by atoms with Gasteiger partial charge >= 0.3 is 5.97 Å². The fourth-order valence-electron chi connectivity index (χ4n) is 4.04. The minimum absolute atomic E-state index is 0.293. The van der Waals surface area contributed by atoms with E-state index in [-0.39, 0.29) is 0 Å². The molecule has 4 rings (SSSR count). The van der Waals surface area contributed by atoms with Crippen molar-refractivity contribution in [2.75, 3.05) is 50.6 Å². The highest BCUT2D eigenvalue weighted by molar-refractivity contribution is 6.33. The number of halogens is 1. The molecule has 0 saturated heterocycles. The van der Waals surface area contributed by atoms with Crippen LogP contribution in [-0.2, 0) is 22.3 Å². The Balaban J connectivity index is 1.49. The van der Waals surface area contributed by atoms with E-state index in [2.05, 4.69) is 37.6 Å². The van der Waals surface area contributed by atoms with Crippen molar-refractivity contribution < 1.29 is 14.3 Å². The largest absolute Gasteiger partial charge is 0.462 e. The molecule has 0 spiro atoms. The van der Waals surface area contributed by atoms with E-state index in [1.165, 1.54) is 17.3 Å². The minimum Gasteiger partial charge on any atom is -0.462 e. The van der Waals surface area contributed by atoms with Crippen LogP contribution in [0.2, 0.25) is 5.02 Å².